The van der Waals surface area contributed by atoms with Gasteiger partial charge < -0.3 is 9.80 Å². The molecule has 0 unspecified atom stereocenters. The largest absolute Gasteiger partial charge is 0.350 e. The van der Waals surface area contributed by atoms with Crippen LogP contribution in [0.2, 0.25) is 0 Å². The monoisotopic (exact) mass is 471 g/mol. The fraction of sp³-hybridized carbons (Fsp3) is 0.259. The summed E-state index contributed by atoms with van der Waals surface area (Å²) in [6.07, 6.45) is 4.13. The van der Waals surface area contributed by atoms with E-state index in [1.54, 1.807) is 54.5 Å². The van der Waals surface area contributed by atoms with E-state index in [2.05, 4.69) is 19.9 Å². The summed E-state index contributed by atoms with van der Waals surface area (Å²) in [5, 5.41) is 0. The molecule has 2 fully saturated rings. The molecule has 0 bridgehead atoms. The lowest BCUT2D eigenvalue weighted by Crippen LogP contribution is -2.65. The summed E-state index contributed by atoms with van der Waals surface area (Å²) in [4.78, 5) is 30.9. The summed E-state index contributed by atoms with van der Waals surface area (Å²) in [5.41, 5.74) is 2.69. The molecule has 2 saturated heterocycles. The number of halogens is 2. The van der Waals surface area contributed by atoms with Crippen molar-refractivity contribution in [2.75, 3.05) is 24.5 Å². The Hall–Kier alpha value is -3.94. The lowest BCUT2D eigenvalue weighted by atomic mass is 9.82. The van der Waals surface area contributed by atoms with Gasteiger partial charge in [0.1, 0.15) is 17.5 Å². The molecule has 35 heavy (non-hydrogen) atoms. The van der Waals surface area contributed by atoms with Gasteiger partial charge in [-0.1, -0.05) is 18.2 Å². The molecule has 2 aromatic carbocycles. The van der Waals surface area contributed by atoms with Crippen molar-refractivity contribution < 1.29 is 13.6 Å². The van der Waals surface area contributed by atoms with Crippen molar-refractivity contribution in [3.63, 3.8) is 0 Å². The van der Waals surface area contributed by atoms with Crippen LogP contribution in [0.4, 0.5) is 14.6 Å². The molecule has 176 valence electrons. The van der Waals surface area contributed by atoms with E-state index in [0.717, 1.165) is 13.0 Å². The molecule has 8 heteroatoms. The molecule has 2 atom stereocenters. The minimum absolute atomic E-state index is 0.0700. The van der Waals surface area contributed by atoms with Crippen LogP contribution in [0.1, 0.15) is 22.3 Å². The predicted molar refractivity (Wildman–Crippen MR) is 129 cm³/mol. The second-order valence-electron chi connectivity index (χ2n) is 9.21. The van der Waals surface area contributed by atoms with Crippen molar-refractivity contribution in [2.45, 2.75) is 19.4 Å². The van der Waals surface area contributed by atoms with Gasteiger partial charge in [-0.15, -0.1) is 0 Å². The Labute approximate surface area is 201 Å². The minimum Gasteiger partial charge on any atom is -0.350 e. The average Bonchev–Trinajstić information content (AvgIpc) is 2.86. The molecule has 0 saturated carbocycles. The maximum absolute atomic E-state index is 15.3. The molecular weight excluding hydrogens is 448 g/mol. The number of benzene rings is 2. The normalized spacial score (nSPS) is 19.4. The molecule has 2 aliphatic rings. The number of carbonyl (C=O) groups is 1. The van der Waals surface area contributed by atoms with Crippen LogP contribution in [0.3, 0.4) is 0 Å². The van der Waals surface area contributed by atoms with Crippen molar-refractivity contribution in [2.24, 2.45) is 5.92 Å². The number of piperidine rings is 1. The van der Waals surface area contributed by atoms with E-state index in [9.17, 15) is 9.18 Å². The third kappa shape index (κ3) is 3.69. The number of carbonyl (C=O) groups excluding carboxylic acids is 1. The summed E-state index contributed by atoms with van der Waals surface area (Å²) in [5.74, 6) is -0.0352. The first-order valence-electron chi connectivity index (χ1n) is 11.7. The molecule has 2 aliphatic heterocycles. The number of pyridine rings is 1. The highest BCUT2D eigenvalue weighted by molar-refractivity contribution is 6.01. The molecule has 6 nitrogen and oxygen atoms in total. The Morgan fingerprint density at radius 2 is 1.91 bits per heavy atom. The van der Waals surface area contributed by atoms with E-state index in [-0.39, 0.29) is 23.3 Å². The number of hydrogen-bond acceptors (Lipinski definition) is 5. The van der Waals surface area contributed by atoms with Crippen molar-refractivity contribution in [1.29, 1.82) is 0 Å². The van der Waals surface area contributed by atoms with Crippen LogP contribution >= 0.6 is 0 Å². The van der Waals surface area contributed by atoms with Crippen LogP contribution in [0.15, 0.2) is 60.9 Å². The third-order valence-electron chi connectivity index (χ3n) is 7.12. The van der Waals surface area contributed by atoms with Gasteiger partial charge in [0.15, 0.2) is 0 Å². The lowest BCUT2D eigenvalue weighted by molar-refractivity contribution is 0.0587. The molecule has 4 aromatic rings. The number of likely N-dealkylation sites (tertiary alicyclic amines) is 1. The SMILES string of the molecule is Cc1ccc(-c2ccccn2)c(C(=O)N2CC[C@H]3CN(c4cnc5cc(F)ccc5n4)[C@@H]3C2)c1F. The fourth-order valence-electron chi connectivity index (χ4n) is 5.14. The van der Waals surface area contributed by atoms with Gasteiger partial charge in [-0.25, -0.2) is 13.8 Å². The molecule has 4 heterocycles. The zero-order chi connectivity index (χ0) is 24.1. The molecule has 0 aliphatic carbocycles. The summed E-state index contributed by atoms with van der Waals surface area (Å²) < 4.78 is 28.8. The van der Waals surface area contributed by atoms with Crippen molar-refractivity contribution in [1.82, 2.24) is 19.9 Å². The van der Waals surface area contributed by atoms with Gasteiger partial charge in [0.2, 0.25) is 0 Å². The molecule has 0 spiro atoms. The van der Waals surface area contributed by atoms with Gasteiger partial charge in [-0.2, -0.15) is 0 Å². The maximum atomic E-state index is 15.3. The molecule has 6 rings (SSSR count). The van der Waals surface area contributed by atoms with Crippen LogP contribution in [-0.2, 0) is 0 Å². The minimum atomic E-state index is -0.502. The second-order valence-corrected chi connectivity index (χ2v) is 9.21. The molecule has 1 amide bonds. The number of aryl methyl sites for hydroxylation is 1. The molecule has 0 radical (unpaired) electrons. The number of rotatable bonds is 3. The average molecular weight is 472 g/mol. The van der Waals surface area contributed by atoms with E-state index in [4.69, 9.17) is 0 Å². The third-order valence-corrected chi connectivity index (χ3v) is 7.12. The highest BCUT2D eigenvalue weighted by Gasteiger charge is 2.45. The summed E-state index contributed by atoms with van der Waals surface area (Å²) in [6, 6.07) is 13.3. The Morgan fingerprint density at radius 1 is 1.03 bits per heavy atom. The Bertz CT molecular complexity index is 1440. The van der Waals surface area contributed by atoms with Crippen molar-refractivity contribution in [3.8, 4) is 11.3 Å². The predicted octanol–water partition coefficient (Wildman–Crippen LogP) is 4.63. The Morgan fingerprint density at radius 3 is 2.74 bits per heavy atom. The number of fused-ring (bicyclic) bond motifs is 2. The summed E-state index contributed by atoms with van der Waals surface area (Å²) >= 11 is 0. The van der Waals surface area contributed by atoms with Gasteiger partial charge in [-0.05, 0) is 43.2 Å². The number of aromatic nitrogens is 3. The van der Waals surface area contributed by atoms with Gasteiger partial charge in [0.05, 0.1) is 34.5 Å². The summed E-state index contributed by atoms with van der Waals surface area (Å²) in [7, 11) is 0. The molecule has 0 N–H and O–H groups in total. The van der Waals surface area contributed by atoms with Gasteiger partial charge >= 0.3 is 0 Å². The van der Waals surface area contributed by atoms with Crippen LogP contribution in [0.5, 0.6) is 0 Å². The van der Waals surface area contributed by atoms with E-state index in [0.29, 0.717) is 52.7 Å². The smallest absolute Gasteiger partial charge is 0.257 e. The number of amides is 1. The van der Waals surface area contributed by atoms with E-state index < -0.39 is 5.82 Å². The van der Waals surface area contributed by atoms with Crippen molar-refractivity contribution in [3.05, 3.63) is 83.7 Å². The zero-order valence-corrected chi connectivity index (χ0v) is 19.2. The van der Waals surface area contributed by atoms with E-state index in [1.807, 2.05) is 6.07 Å². The number of hydrogen-bond donors (Lipinski definition) is 0. The maximum Gasteiger partial charge on any atom is 0.257 e. The van der Waals surface area contributed by atoms with Gasteiger partial charge in [0, 0.05) is 43.4 Å². The standard InChI is InChI=1S/C27H23F2N5O/c1-16-5-7-19(20-4-2-3-10-30-20)25(26(16)29)27(35)33-11-9-17-14-34(23(17)15-33)24-13-31-22-12-18(28)6-8-21(22)32-24/h2-8,10,12-13,17,23H,9,11,14-15H2,1H3/t17-,23+/m0/s1. The first-order chi connectivity index (χ1) is 17.0. The van der Waals surface area contributed by atoms with Gasteiger partial charge in [0.25, 0.3) is 5.91 Å². The van der Waals surface area contributed by atoms with Crippen LogP contribution in [-0.4, -0.2) is 51.4 Å². The topological polar surface area (TPSA) is 62.2 Å². The second kappa shape index (κ2) is 8.37. The van der Waals surface area contributed by atoms with Crippen LogP contribution in [0, 0.1) is 24.5 Å². The van der Waals surface area contributed by atoms with E-state index in [1.165, 1.54) is 12.1 Å². The van der Waals surface area contributed by atoms with Crippen LogP contribution < -0.4 is 4.90 Å². The number of anilines is 1. The van der Waals surface area contributed by atoms with Gasteiger partial charge in [-0.3, -0.25) is 14.8 Å². The molecular formula is C27H23F2N5O. The summed E-state index contributed by atoms with van der Waals surface area (Å²) in [6.45, 7) is 3.54. The first kappa shape index (κ1) is 21.6. The highest BCUT2D eigenvalue weighted by Crippen LogP contribution is 2.37. The Balaban J connectivity index is 1.28. The quantitative estimate of drug-likeness (QED) is 0.436. The Kier molecular flexibility index (Phi) is 5.16. The lowest BCUT2D eigenvalue weighted by Gasteiger charge is -2.54. The molecule has 2 aromatic heterocycles. The fourth-order valence-corrected chi connectivity index (χ4v) is 5.14. The number of nitrogens with zero attached hydrogens (tertiary/aromatic N) is 5. The first-order valence-corrected chi connectivity index (χ1v) is 11.7. The van der Waals surface area contributed by atoms with E-state index >= 15 is 4.39 Å². The zero-order valence-electron chi connectivity index (χ0n) is 19.2. The van der Waals surface area contributed by atoms with Crippen molar-refractivity contribution >= 4 is 22.8 Å². The van der Waals surface area contributed by atoms with Crippen LogP contribution in [0.25, 0.3) is 22.3 Å². The highest BCUT2D eigenvalue weighted by atomic mass is 19.1.